The fourth-order valence-corrected chi connectivity index (χ4v) is 1.05. The normalized spacial score (nSPS) is 8.94. The Morgan fingerprint density at radius 3 is 2.35 bits per heavy atom. The lowest BCUT2D eigenvalue weighted by molar-refractivity contribution is -0.111. The van der Waals surface area contributed by atoms with Crippen LogP contribution in [0.5, 0.6) is 0 Å². The molecule has 0 unspecified atom stereocenters. The number of unbranched alkanes of at least 4 members (excludes halogenated alkanes) is 1. The summed E-state index contributed by atoms with van der Waals surface area (Å²) in [5.41, 5.74) is 3.04. The first-order valence-electron chi connectivity index (χ1n) is 6.05. The van der Waals surface area contributed by atoms with E-state index in [4.69, 9.17) is 0 Å². The zero-order valence-corrected chi connectivity index (χ0v) is 11.3. The summed E-state index contributed by atoms with van der Waals surface area (Å²) in [6.45, 7) is 11.7. The van der Waals surface area contributed by atoms with Gasteiger partial charge in [0.15, 0.2) is 0 Å². The lowest BCUT2D eigenvalue weighted by Gasteiger charge is -2.06. The van der Waals surface area contributed by atoms with Gasteiger partial charge in [-0.3, -0.25) is 4.79 Å². The molecule has 1 aromatic carbocycles. The molecule has 0 heterocycles. The highest BCUT2D eigenvalue weighted by Crippen LogP contribution is 2.15. The van der Waals surface area contributed by atoms with Gasteiger partial charge in [0.05, 0.1) is 0 Å². The first-order chi connectivity index (χ1) is 8.04. The van der Waals surface area contributed by atoms with Crippen molar-refractivity contribution in [1.29, 1.82) is 0 Å². The molecule has 17 heavy (non-hydrogen) atoms. The molecular formula is C15H23NO. The molecule has 1 aromatic rings. The predicted octanol–water partition coefficient (Wildman–Crippen LogP) is 4.23. The summed E-state index contributed by atoms with van der Waals surface area (Å²) in [4.78, 5) is 11.0. The van der Waals surface area contributed by atoms with Crippen LogP contribution in [0.4, 0.5) is 5.69 Å². The van der Waals surface area contributed by atoms with Gasteiger partial charge in [-0.1, -0.05) is 45.4 Å². The van der Waals surface area contributed by atoms with Crippen molar-refractivity contribution in [3.05, 3.63) is 42.0 Å². The van der Waals surface area contributed by atoms with Crippen molar-refractivity contribution in [2.24, 2.45) is 0 Å². The Hall–Kier alpha value is -1.57. The number of anilines is 1. The Kier molecular flexibility index (Phi) is 7.78. The summed E-state index contributed by atoms with van der Waals surface area (Å²) in [6, 6.07) is 5.93. The van der Waals surface area contributed by atoms with Crippen molar-refractivity contribution in [1.82, 2.24) is 0 Å². The van der Waals surface area contributed by atoms with Crippen molar-refractivity contribution in [3.63, 3.8) is 0 Å². The number of rotatable bonds is 3. The number of hydrogen-bond acceptors (Lipinski definition) is 1. The zero-order valence-electron chi connectivity index (χ0n) is 11.3. The van der Waals surface area contributed by atoms with Crippen LogP contribution in [-0.2, 0) is 4.79 Å². The van der Waals surface area contributed by atoms with Crippen molar-refractivity contribution < 1.29 is 4.79 Å². The van der Waals surface area contributed by atoms with Crippen molar-refractivity contribution >= 4 is 11.6 Å². The van der Waals surface area contributed by atoms with Crippen LogP contribution in [-0.4, -0.2) is 5.91 Å². The molecule has 0 aliphatic heterocycles. The minimum atomic E-state index is -0.172. The highest BCUT2D eigenvalue weighted by Gasteiger charge is 2.00. The molecular weight excluding hydrogens is 210 g/mol. The van der Waals surface area contributed by atoms with Crippen LogP contribution in [0.25, 0.3) is 0 Å². The van der Waals surface area contributed by atoms with Gasteiger partial charge in [0.2, 0.25) is 5.91 Å². The van der Waals surface area contributed by atoms with Gasteiger partial charge in [-0.05, 0) is 37.1 Å². The van der Waals surface area contributed by atoms with Crippen LogP contribution < -0.4 is 5.32 Å². The molecule has 0 spiro atoms. The van der Waals surface area contributed by atoms with E-state index in [-0.39, 0.29) is 5.91 Å². The van der Waals surface area contributed by atoms with Crippen LogP contribution in [0.1, 0.15) is 37.8 Å². The molecule has 0 aliphatic rings. The van der Waals surface area contributed by atoms with Crippen molar-refractivity contribution in [2.75, 3.05) is 5.32 Å². The van der Waals surface area contributed by atoms with Gasteiger partial charge in [-0.25, -0.2) is 0 Å². The fraction of sp³-hybridized carbons (Fsp3) is 0.400. The lowest BCUT2D eigenvalue weighted by Crippen LogP contribution is -2.08. The Morgan fingerprint density at radius 2 is 1.88 bits per heavy atom. The molecule has 0 saturated carbocycles. The van der Waals surface area contributed by atoms with E-state index < -0.39 is 0 Å². The second kappa shape index (κ2) is 8.57. The minimum Gasteiger partial charge on any atom is -0.322 e. The summed E-state index contributed by atoms with van der Waals surface area (Å²) >= 11 is 0. The van der Waals surface area contributed by atoms with Gasteiger partial charge in [0, 0.05) is 5.69 Å². The molecule has 0 fully saturated rings. The van der Waals surface area contributed by atoms with Crippen molar-refractivity contribution in [3.8, 4) is 0 Å². The molecule has 0 saturated heterocycles. The van der Waals surface area contributed by atoms with Gasteiger partial charge in [0.1, 0.15) is 0 Å². The first-order valence-corrected chi connectivity index (χ1v) is 6.05. The monoisotopic (exact) mass is 233 g/mol. The number of hydrogen-bond donors (Lipinski definition) is 1. The fourth-order valence-electron chi connectivity index (χ4n) is 1.05. The number of aryl methyl sites for hydroxylation is 2. The predicted molar refractivity (Wildman–Crippen MR) is 75.3 cm³/mol. The number of benzene rings is 1. The molecule has 0 bridgehead atoms. The quantitative estimate of drug-likeness (QED) is 0.777. The van der Waals surface area contributed by atoms with Crippen LogP contribution in [0, 0.1) is 13.8 Å². The Morgan fingerprint density at radius 1 is 1.29 bits per heavy atom. The Labute approximate surface area is 105 Å². The smallest absolute Gasteiger partial charge is 0.247 e. The number of carbonyl (C=O) groups is 1. The maximum Gasteiger partial charge on any atom is 0.247 e. The van der Waals surface area contributed by atoms with E-state index >= 15 is 0 Å². The number of nitrogens with one attached hydrogen (secondary N) is 1. The number of carbonyl (C=O) groups excluding carboxylic acids is 1. The molecule has 0 atom stereocenters. The maximum absolute atomic E-state index is 11.0. The van der Waals surface area contributed by atoms with Gasteiger partial charge >= 0.3 is 0 Å². The van der Waals surface area contributed by atoms with Gasteiger partial charge in [0.25, 0.3) is 0 Å². The van der Waals surface area contributed by atoms with Crippen LogP contribution in [0.3, 0.4) is 0 Å². The highest BCUT2D eigenvalue weighted by molar-refractivity contribution is 5.99. The largest absolute Gasteiger partial charge is 0.322 e. The topological polar surface area (TPSA) is 29.1 Å². The molecule has 2 heteroatoms. The molecule has 0 radical (unpaired) electrons. The summed E-state index contributed by atoms with van der Waals surface area (Å²) in [7, 11) is 0. The average Bonchev–Trinajstić information content (AvgIpc) is 2.34. The standard InChI is InChI=1S/C11H13NO.C4H10/c1-4-11(13)12-10-7-8(2)5-6-9(10)3;1-3-4-2/h4-7H,1H2,2-3H3,(H,12,13);3-4H2,1-2H3. The average molecular weight is 233 g/mol. The first kappa shape index (κ1) is 15.4. The van der Waals surface area contributed by atoms with Crippen molar-refractivity contribution in [2.45, 2.75) is 40.5 Å². The van der Waals surface area contributed by atoms with Gasteiger partial charge in [-0.15, -0.1) is 0 Å². The van der Waals surface area contributed by atoms with E-state index in [0.29, 0.717) is 0 Å². The maximum atomic E-state index is 11.0. The zero-order chi connectivity index (χ0) is 13.3. The summed E-state index contributed by atoms with van der Waals surface area (Å²) < 4.78 is 0. The molecule has 94 valence electrons. The lowest BCUT2D eigenvalue weighted by atomic mass is 10.1. The molecule has 1 rings (SSSR count). The van der Waals surface area contributed by atoms with E-state index in [0.717, 1.165) is 16.8 Å². The molecule has 0 aliphatic carbocycles. The number of amides is 1. The SMILES string of the molecule is C=CC(=O)Nc1cc(C)ccc1C.CCCC. The van der Waals surface area contributed by atoms with E-state index in [9.17, 15) is 4.79 Å². The Bertz CT molecular complexity index is 367. The Balaban J connectivity index is 0.000000557. The van der Waals surface area contributed by atoms with E-state index in [1.165, 1.54) is 18.9 Å². The van der Waals surface area contributed by atoms with Crippen LogP contribution in [0.2, 0.25) is 0 Å². The third-order valence-electron chi connectivity index (χ3n) is 2.34. The third-order valence-corrected chi connectivity index (χ3v) is 2.34. The van der Waals surface area contributed by atoms with E-state index in [1.807, 2.05) is 32.0 Å². The second-order valence-electron chi connectivity index (χ2n) is 4.01. The highest BCUT2D eigenvalue weighted by atomic mass is 16.1. The molecule has 0 aromatic heterocycles. The summed E-state index contributed by atoms with van der Waals surface area (Å²) in [5, 5.41) is 2.74. The molecule has 1 N–H and O–H groups in total. The van der Waals surface area contributed by atoms with Crippen LogP contribution in [0.15, 0.2) is 30.9 Å². The van der Waals surface area contributed by atoms with Gasteiger partial charge in [-0.2, -0.15) is 0 Å². The summed E-state index contributed by atoms with van der Waals surface area (Å²) in [6.07, 6.45) is 3.90. The minimum absolute atomic E-state index is 0.172. The van der Waals surface area contributed by atoms with E-state index in [1.54, 1.807) is 0 Å². The third kappa shape index (κ3) is 6.56. The molecule has 1 amide bonds. The van der Waals surface area contributed by atoms with Crippen LogP contribution >= 0.6 is 0 Å². The van der Waals surface area contributed by atoms with E-state index in [2.05, 4.69) is 25.7 Å². The second-order valence-corrected chi connectivity index (χ2v) is 4.01. The molecule has 2 nitrogen and oxygen atoms in total. The van der Waals surface area contributed by atoms with Gasteiger partial charge < -0.3 is 5.32 Å². The summed E-state index contributed by atoms with van der Waals surface area (Å²) in [5.74, 6) is -0.172.